The lowest BCUT2D eigenvalue weighted by Gasteiger charge is -2.05. The monoisotopic (exact) mass is 267 g/mol. The van der Waals surface area contributed by atoms with Crippen molar-refractivity contribution in [1.29, 1.82) is 0 Å². The molecule has 2 aromatic heterocycles. The van der Waals surface area contributed by atoms with Crippen molar-refractivity contribution in [3.05, 3.63) is 44.4 Å². The van der Waals surface area contributed by atoms with Gasteiger partial charge in [-0.1, -0.05) is 23.2 Å². The quantitative estimate of drug-likeness (QED) is 0.681. The Morgan fingerprint density at radius 2 is 2.00 bits per heavy atom. The van der Waals surface area contributed by atoms with Crippen molar-refractivity contribution < 1.29 is 0 Å². The highest BCUT2D eigenvalue weighted by Gasteiger charge is 2.10. The SMILES string of the molecule is Cc1cnc2c(=O)[nH]c3cc(Cl)c(Cl)cc3n12. The lowest BCUT2D eigenvalue weighted by molar-refractivity contribution is 1.12. The first-order valence-corrected chi connectivity index (χ1v) is 5.68. The van der Waals surface area contributed by atoms with Gasteiger partial charge in [0.2, 0.25) is 5.65 Å². The van der Waals surface area contributed by atoms with E-state index in [1.807, 2.05) is 6.92 Å². The Morgan fingerprint density at radius 1 is 1.29 bits per heavy atom. The number of hydrogen-bond acceptors (Lipinski definition) is 2. The van der Waals surface area contributed by atoms with Gasteiger partial charge in [-0.25, -0.2) is 4.98 Å². The Morgan fingerprint density at radius 3 is 2.76 bits per heavy atom. The Labute approximate surface area is 106 Å². The summed E-state index contributed by atoms with van der Waals surface area (Å²) in [5.41, 5.74) is 2.40. The first kappa shape index (κ1) is 10.6. The fourth-order valence-electron chi connectivity index (χ4n) is 1.90. The van der Waals surface area contributed by atoms with E-state index < -0.39 is 0 Å². The van der Waals surface area contributed by atoms with E-state index in [1.54, 1.807) is 22.7 Å². The van der Waals surface area contributed by atoms with E-state index in [2.05, 4.69) is 9.97 Å². The number of nitrogens with zero attached hydrogens (tertiary/aromatic N) is 2. The molecular formula is C11H7Cl2N3O. The number of aromatic amines is 1. The number of halogens is 2. The summed E-state index contributed by atoms with van der Waals surface area (Å²) < 4.78 is 1.76. The summed E-state index contributed by atoms with van der Waals surface area (Å²) in [4.78, 5) is 18.6. The van der Waals surface area contributed by atoms with Crippen molar-refractivity contribution in [1.82, 2.24) is 14.4 Å². The van der Waals surface area contributed by atoms with E-state index in [-0.39, 0.29) is 5.56 Å². The maximum atomic E-state index is 11.8. The zero-order chi connectivity index (χ0) is 12.2. The molecule has 0 atom stereocenters. The molecule has 0 aliphatic carbocycles. The number of imidazole rings is 1. The van der Waals surface area contributed by atoms with Crippen molar-refractivity contribution in [3.63, 3.8) is 0 Å². The van der Waals surface area contributed by atoms with Gasteiger partial charge < -0.3 is 4.98 Å². The van der Waals surface area contributed by atoms with Crippen LogP contribution in [-0.4, -0.2) is 14.4 Å². The largest absolute Gasteiger partial charge is 0.317 e. The molecular weight excluding hydrogens is 261 g/mol. The van der Waals surface area contributed by atoms with E-state index in [9.17, 15) is 4.79 Å². The van der Waals surface area contributed by atoms with Crippen LogP contribution in [0.2, 0.25) is 10.0 Å². The second kappa shape index (κ2) is 3.48. The van der Waals surface area contributed by atoms with Gasteiger partial charge >= 0.3 is 0 Å². The average Bonchev–Trinajstić information content (AvgIpc) is 2.65. The van der Waals surface area contributed by atoms with Crippen LogP contribution in [0.4, 0.5) is 0 Å². The van der Waals surface area contributed by atoms with Gasteiger partial charge in [-0.3, -0.25) is 9.20 Å². The van der Waals surface area contributed by atoms with E-state index in [1.165, 1.54) is 0 Å². The van der Waals surface area contributed by atoms with Crippen LogP contribution < -0.4 is 5.56 Å². The molecule has 0 saturated carbocycles. The second-order valence-electron chi connectivity index (χ2n) is 3.80. The van der Waals surface area contributed by atoms with E-state index in [0.29, 0.717) is 21.2 Å². The van der Waals surface area contributed by atoms with Crippen LogP contribution in [0.5, 0.6) is 0 Å². The van der Waals surface area contributed by atoms with Crippen LogP contribution >= 0.6 is 23.2 Å². The first-order valence-electron chi connectivity index (χ1n) is 4.93. The maximum absolute atomic E-state index is 11.8. The summed E-state index contributed by atoms with van der Waals surface area (Å²) in [5.74, 6) is 0. The molecule has 0 bridgehead atoms. The molecule has 3 rings (SSSR count). The predicted octanol–water partition coefficient (Wildman–Crippen LogP) is 2.79. The second-order valence-corrected chi connectivity index (χ2v) is 4.61. The minimum Gasteiger partial charge on any atom is -0.317 e. The third-order valence-electron chi connectivity index (χ3n) is 2.67. The van der Waals surface area contributed by atoms with Gasteiger partial charge in [0.05, 0.1) is 21.1 Å². The zero-order valence-electron chi connectivity index (χ0n) is 8.79. The standard InChI is InChI=1S/C11H7Cl2N3O/c1-5-4-14-10-11(17)15-8-2-6(12)7(13)3-9(8)16(5)10/h2-4H,1H3,(H,15,17). The molecule has 17 heavy (non-hydrogen) atoms. The number of nitrogens with one attached hydrogen (secondary N) is 1. The molecule has 1 N–H and O–H groups in total. The molecule has 0 spiro atoms. The molecule has 86 valence electrons. The van der Waals surface area contributed by atoms with Gasteiger partial charge in [-0.15, -0.1) is 0 Å². The lowest BCUT2D eigenvalue weighted by atomic mass is 10.3. The van der Waals surface area contributed by atoms with E-state index in [4.69, 9.17) is 23.2 Å². The summed E-state index contributed by atoms with van der Waals surface area (Å²) in [7, 11) is 0. The Kier molecular flexibility index (Phi) is 2.18. The number of aryl methyl sites for hydroxylation is 1. The summed E-state index contributed by atoms with van der Waals surface area (Å²) in [6.45, 7) is 1.88. The molecule has 1 aromatic carbocycles. The molecule has 0 fully saturated rings. The first-order chi connectivity index (χ1) is 8.08. The fourth-order valence-corrected chi connectivity index (χ4v) is 2.22. The van der Waals surface area contributed by atoms with Gasteiger partial charge in [-0.05, 0) is 19.1 Å². The number of rotatable bonds is 0. The topological polar surface area (TPSA) is 50.2 Å². The molecule has 4 nitrogen and oxygen atoms in total. The summed E-state index contributed by atoms with van der Waals surface area (Å²) in [6, 6.07) is 3.36. The zero-order valence-corrected chi connectivity index (χ0v) is 10.3. The normalized spacial score (nSPS) is 11.5. The average molecular weight is 268 g/mol. The van der Waals surface area contributed by atoms with Gasteiger partial charge in [0, 0.05) is 11.9 Å². The molecule has 0 amide bonds. The lowest BCUT2D eigenvalue weighted by Crippen LogP contribution is -2.11. The molecule has 3 aromatic rings. The highest BCUT2D eigenvalue weighted by Crippen LogP contribution is 2.26. The summed E-state index contributed by atoms with van der Waals surface area (Å²) in [6.07, 6.45) is 1.65. The maximum Gasteiger partial charge on any atom is 0.292 e. The third kappa shape index (κ3) is 1.45. The Hall–Kier alpha value is -1.52. The molecule has 2 heterocycles. The fraction of sp³-hybridized carbons (Fsp3) is 0.0909. The van der Waals surface area contributed by atoms with Crippen molar-refractivity contribution in [2.24, 2.45) is 0 Å². The minimum atomic E-state index is -0.246. The molecule has 0 radical (unpaired) electrons. The number of hydrogen-bond donors (Lipinski definition) is 1. The van der Waals surface area contributed by atoms with Crippen LogP contribution in [0.1, 0.15) is 5.69 Å². The van der Waals surface area contributed by atoms with Crippen molar-refractivity contribution in [3.8, 4) is 0 Å². The highest BCUT2D eigenvalue weighted by atomic mass is 35.5. The number of fused-ring (bicyclic) bond motifs is 3. The molecule has 0 aliphatic rings. The smallest absolute Gasteiger partial charge is 0.292 e. The molecule has 0 saturated heterocycles. The van der Waals surface area contributed by atoms with E-state index in [0.717, 1.165) is 11.2 Å². The Bertz CT molecular complexity index is 804. The summed E-state index contributed by atoms with van der Waals surface area (Å²) in [5, 5.41) is 0.854. The van der Waals surface area contributed by atoms with Crippen LogP contribution in [0.3, 0.4) is 0 Å². The van der Waals surface area contributed by atoms with Crippen molar-refractivity contribution >= 4 is 39.9 Å². The van der Waals surface area contributed by atoms with Crippen LogP contribution in [0.15, 0.2) is 23.1 Å². The highest BCUT2D eigenvalue weighted by molar-refractivity contribution is 6.42. The van der Waals surface area contributed by atoms with E-state index >= 15 is 0 Å². The number of benzene rings is 1. The van der Waals surface area contributed by atoms with Crippen molar-refractivity contribution in [2.75, 3.05) is 0 Å². The molecule has 0 unspecified atom stereocenters. The van der Waals surface area contributed by atoms with Gasteiger partial charge in [0.1, 0.15) is 0 Å². The minimum absolute atomic E-state index is 0.246. The van der Waals surface area contributed by atoms with Crippen LogP contribution in [-0.2, 0) is 0 Å². The molecule has 6 heteroatoms. The Balaban J connectivity index is 2.67. The molecule has 0 aliphatic heterocycles. The van der Waals surface area contributed by atoms with Crippen LogP contribution in [0.25, 0.3) is 16.7 Å². The third-order valence-corrected chi connectivity index (χ3v) is 3.39. The summed E-state index contributed by atoms with van der Waals surface area (Å²) >= 11 is 11.9. The number of H-pyrrole nitrogens is 1. The van der Waals surface area contributed by atoms with Gasteiger partial charge in [-0.2, -0.15) is 0 Å². The van der Waals surface area contributed by atoms with Gasteiger partial charge in [0.25, 0.3) is 5.56 Å². The predicted molar refractivity (Wildman–Crippen MR) is 68.1 cm³/mol. The number of aromatic nitrogens is 3. The van der Waals surface area contributed by atoms with Crippen molar-refractivity contribution in [2.45, 2.75) is 6.92 Å². The van der Waals surface area contributed by atoms with Gasteiger partial charge in [0.15, 0.2) is 0 Å². The van der Waals surface area contributed by atoms with Crippen LogP contribution in [0, 0.1) is 6.92 Å².